The van der Waals surface area contributed by atoms with Gasteiger partial charge in [-0.3, -0.25) is 9.36 Å². The van der Waals surface area contributed by atoms with Crippen LogP contribution in [0.25, 0.3) is 10.9 Å². The zero-order chi connectivity index (χ0) is 13.4. The molecule has 1 aromatic heterocycles. The molecule has 1 aliphatic heterocycles. The highest BCUT2D eigenvalue weighted by atomic mass is 35.5. The van der Waals surface area contributed by atoms with Crippen molar-refractivity contribution in [2.24, 2.45) is 5.92 Å². The van der Waals surface area contributed by atoms with Crippen LogP contribution < -0.4 is 5.56 Å². The molecule has 0 amide bonds. The molecule has 1 saturated heterocycles. The summed E-state index contributed by atoms with van der Waals surface area (Å²) in [6.45, 7) is 2.85. The molecule has 0 unspecified atom stereocenters. The van der Waals surface area contributed by atoms with E-state index in [-0.39, 0.29) is 5.56 Å². The molecular formula is C14H16ClN3O. The molecule has 0 radical (unpaired) electrons. The van der Waals surface area contributed by atoms with Crippen molar-refractivity contribution in [2.75, 3.05) is 20.1 Å². The zero-order valence-electron chi connectivity index (χ0n) is 10.8. The normalized spacial score (nSPS) is 20.2. The molecule has 1 atom stereocenters. The monoisotopic (exact) mass is 277 g/mol. The number of hydrogen-bond acceptors (Lipinski definition) is 3. The third kappa shape index (κ3) is 2.38. The minimum absolute atomic E-state index is 0.0369. The lowest BCUT2D eigenvalue weighted by molar-refractivity contribution is 0.375. The van der Waals surface area contributed by atoms with E-state index in [0.717, 1.165) is 26.1 Å². The lowest BCUT2D eigenvalue weighted by Crippen LogP contribution is -2.26. The molecule has 0 bridgehead atoms. The molecule has 19 heavy (non-hydrogen) atoms. The average Bonchev–Trinajstić information content (AvgIpc) is 2.78. The summed E-state index contributed by atoms with van der Waals surface area (Å²) in [6.07, 6.45) is 2.77. The van der Waals surface area contributed by atoms with E-state index in [4.69, 9.17) is 11.6 Å². The number of halogens is 1. The minimum atomic E-state index is -0.0369. The first-order valence-electron chi connectivity index (χ1n) is 6.47. The second-order valence-corrected chi connectivity index (χ2v) is 5.66. The summed E-state index contributed by atoms with van der Waals surface area (Å²) < 4.78 is 1.69. The Morgan fingerprint density at radius 1 is 1.47 bits per heavy atom. The summed E-state index contributed by atoms with van der Waals surface area (Å²) in [5.74, 6) is 0.518. The van der Waals surface area contributed by atoms with Gasteiger partial charge in [0.15, 0.2) is 0 Å². The van der Waals surface area contributed by atoms with Crippen LogP contribution in [0.15, 0.2) is 29.3 Å². The minimum Gasteiger partial charge on any atom is -0.306 e. The maximum atomic E-state index is 12.4. The van der Waals surface area contributed by atoms with Crippen LogP contribution in [-0.4, -0.2) is 34.6 Å². The van der Waals surface area contributed by atoms with Gasteiger partial charge < -0.3 is 4.90 Å². The Kier molecular flexibility index (Phi) is 3.29. The highest BCUT2D eigenvalue weighted by Gasteiger charge is 2.20. The number of fused-ring (bicyclic) bond motifs is 1. The Labute approximate surface area is 116 Å². The Bertz CT molecular complexity index is 667. The first kappa shape index (κ1) is 12.6. The second kappa shape index (κ2) is 4.94. The molecule has 0 N–H and O–H groups in total. The molecule has 0 spiro atoms. The van der Waals surface area contributed by atoms with Crippen molar-refractivity contribution in [1.29, 1.82) is 0 Å². The maximum absolute atomic E-state index is 12.4. The number of likely N-dealkylation sites (tertiary alicyclic amines) is 1. The van der Waals surface area contributed by atoms with Crippen molar-refractivity contribution >= 4 is 22.5 Å². The summed E-state index contributed by atoms with van der Waals surface area (Å²) in [5, 5.41) is 1.01. The van der Waals surface area contributed by atoms with Crippen LogP contribution in [0.5, 0.6) is 0 Å². The number of benzene rings is 1. The summed E-state index contributed by atoms with van der Waals surface area (Å²) in [5.41, 5.74) is 0.627. The Hall–Kier alpha value is -1.39. The number of rotatable bonds is 2. The van der Waals surface area contributed by atoms with Crippen molar-refractivity contribution in [3.8, 4) is 0 Å². The quantitative estimate of drug-likeness (QED) is 0.843. The zero-order valence-corrected chi connectivity index (χ0v) is 11.6. The Morgan fingerprint density at radius 3 is 3.05 bits per heavy atom. The first-order valence-corrected chi connectivity index (χ1v) is 6.85. The van der Waals surface area contributed by atoms with E-state index >= 15 is 0 Å². The molecule has 4 nitrogen and oxygen atoms in total. The summed E-state index contributed by atoms with van der Waals surface area (Å²) in [7, 11) is 2.11. The smallest absolute Gasteiger partial charge is 0.262 e. The molecule has 0 aliphatic carbocycles. The molecular weight excluding hydrogens is 262 g/mol. The van der Waals surface area contributed by atoms with Gasteiger partial charge in [0.2, 0.25) is 0 Å². The SMILES string of the molecule is CN1CC[C@@H](Cn2cnc3cccc(Cl)c3c2=O)C1. The van der Waals surface area contributed by atoms with Crippen LogP contribution >= 0.6 is 11.6 Å². The average molecular weight is 278 g/mol. The maximum Gasteiger partial charge on any atom is 0.262 e. The number of aromatic nitrogens is 2. The van der Waals surface area contributed by atoms with Gasteiger partial charge in [-0.1, -0.05) is 17.7 Å². The van der Waals surface area contributed by atoms with Gasteiger partial charge in [-0.15, -0.1) is 0 Å². The van der Waals surface area contributed by atoms with E-state index in [1.165, 1.54) is 0 Å². The van der Waals surface area contributed by atoms with Gasteiger partial charge in [0.1, 0.15) is 0 Å². The van der Waals surface area contributed by atoms with Gasteiger partial charge in [0, 0.05) is 13.1 Å². The summed E-state index contributed by atoms with van der Waals surface area (Å²) in [4.78, 5) is 19.1. The fourth-order valence-electron chi connectivity index (χ4n) is 2.74. The van der Waals surface area contributed by atoms with E-state index in [1.54, 1.807) is 17.0 Å². The first-order chi connectivity index (χ1) is 9.15. The molecule has 100 valence electrons. The van der Waals surface area contributed by atoms with Crippen LogP contribution in [0.2, 0.25) is 5.02 Å². The van der Waals surface area contributed by atoms with Crippen molar-refractivity contribution in [1.82, 2.24) is 14.5 Å². The van der Waals surface area contributed by atoms with E-state index in [9.17, 15) is 4.79 Å². The van der Waals surface area contributed by atoms with Gasteiger partial charge in [0.05, 0.1) is 22.3 Å². The van der Waals surface area contributed by atoms with Crippen LogP contribution in [0.1, 0.15) is 6.42 Å². The van der Waals surface area contributed by atoms with Crippen molar-refractivity contribution < 1.29 is 0 Å². The van der Waals surface area contributed by atoms with Crippen LogP contribution in [-0.2, 0) is 6.54 Å². The third-order valence-electron chi connectivity index (χ3n) is 3.75. The topological polar surface area (TPSA) is 38.1 Å². The molecule has 2 aromatic rings. The van der Waals surface area contributed by atoms with Crippen molar-refractivity contribution in [3.63, 3.8) is 0 Å². The molecule has 5 heteroatoms. The Balaban J connectivity index is 1.99. The number of nitrogens with zero attached hydrogens (tertiary/aromatic N) is 3. The summed E-state index contributed by atoms with van der Waals surface area (Å²) in [6, 6.07) is 5.37. The molecule has 2 heterocycles. The second-order valence-electron chi connectivity index (χ2n) is 5.25. The highest BCUT2D eigenvalue weighted by molar-refractivity contribution is 6.35. The largest absolute Gasteiger partial charge is 0.306 e. The molecule has 1 aromatic carbocycles. The van der Waals surface area contributed by atoms with Crippen molar-refractivity contribution in [3.05, 3.63) is 39.9 Å². The van der Waals surface area contributed by atoms with Crippen LogP contribution in [0.4, 0.5) is 0 Å². The van der Waals surface area contributed by atoms with Gasteiger partial charge in [-0.05, 0) is 38.1 Å². The fourth-order valence-corrected chi connectivity index (χ4v) is 2.99. The van der Waals surface area contributed by atoms with Crippen LogP contribution in [0, 0.1) is 5.92 Å². The van der Waals surface area contributed by atoms with E-state index in [0.29, 0.717) is 21.8 Å². The predicted molar refractivity (Wildman–Crippen MR) is 76.6 cm³/mol. The van der Waals surface area contributed by atoms with Gasteiger partial charge in [-0.2, -0.15) is 0 Å². The fraction of sp³-hybridized carbons (Fsp3) is 0.429. The Morgan fingerprint density at radius 2 is 2.32 bits per heavy atom. The van der Waals surface area contributed by atoms with Gasteiger partial charge in [-0.25, -0.2) is 4.98 Å². The van der Waals surface area contributed by atoms with E-state index < -0.39 is 0 Å². The molecule has 0 saturated carbocycles. The predicted octanol–water partition coefficient (Wildman–Crippen LogP) is 2.00. The van der Waals surface area contributed by atoms with E-state index in [2.05, 4.69) is 16.9 Å². The van der Waals surface area contributed by atoms with E-state index in [1.807, 2.05) is 12.1 Å². The third-order valence-corrected chi connectivity index (χ3v) is 4.06. The molecule has 1 aliphatic rings. The van der Waals surface area contributed by atoms with Gasteiger partial charge in [0.25, 0.3) is 5.56 Å². The van der Waals surface area contributed by atoms with Gasteiger partial charge >= 0.3 is 0 Å². The molecule has 3 rings (SSSR count). The lowest BCUT2D eigenvalue weighted by Gasteiger charge is -2.13. The molecule has 1 fully saturated rings. The van der Waals surface area contributed by atoms with Crippen molar-refractivity contribution in [2.45, 2.75) is 13.0 Å². The highest BCUT2D eigenvalue weighted by Crippen LogP contribution is 2.19. The lowest BCUT2D eigenvalue weighted by atomic mass is 10.1. The standard InChI is InChI=1S/C14H16ClN3O/c1-17-6-5-10(7-17)8-18-9-16-12-4-2-3-11(15)13(12)14(18)19/h2-4,9-10H,5-8H2,1H3/t10-/m1/s1. The summed E-state index contributed by atoms with van der Waals surface area (Å²) >= 11 is 6.11. The number of hydrogen-bond donors (Lipinski definition) is 0. The van der Waals surface area contributed by atoms with Crippen LogP contribution in [0.3, 0.4) is 0 Å².